The Labute approximate surface area is 178 Å². The number of carbonyl (C=O) groups excluding carboxylic acids is 1. The highest BCUT2D eigenvalue weighted by Gasteiger charge is 2.17. The highest BCUT2D eigenvalue weighted by Crippen LogP contribution is 2.20. The predicted octanol–water partition coefficient (Wildman–Crippen LogP) is 5.17. The molecule has 0 aliphatic carbocycles. The zero-order valence-electron chi connectivity index (χ0n) is 15.7. The Morgan fingerprint density at radius 1 is 1.25 bits per heavy atom. The first-order valence-electron chi connectivity index (χ1n) is 8.91. The van der Waals surface area contributed by atoms with E-state index in [9.17, 15) is 4.79 Å². The fraction of sp³-hybridized carbons (Fsp3) is 0.238. The van der Waals surface area contributed by atoms with Gasteiger partial charge in [-0.05, 0) is 48.9 Å². The Kier molecular flexibility index (Phi) is 6.75. The Hall–Kier alpha value is -2.31. The van der Waals surface area contributed by atoms with Crippen LogP contribution in [0.15, 0.2) is 59.2 Å². The molecule has 28 heavy (non-hydrogen) atoms. The predicted molar refractivity (Wildman–Crippen MR) is 114 cm³/mol. The average molecular weight is 463 g/mol. The average Bonchev–Trinajstić information content (AvgIpc) is 3.06. The molecule has 1 aromatic heterocycles. The summed E-state index contributed by atoms with van der Waals surface area (Å²) in [7, 11) is 1.76. The van der Waals surface area contributed by atoms with Crippen LogP contribution in [0.2, 0.25) is 5.02 Å². The first kappa shape index (κ1) is 20.4. The van der Waals surface area contributed by atoms with Crippen molar-refractivity contribution in [1.82, 2.24) is 14.7 Å². The Bertz CT molecular complexity index is 957. The maximum absolute atomic E-state index is 12.9. The van der Waals surface area contributed by atoms with Crippen LogP contribution in [0.1, 0.15) is 28.5 Å². The lowest BCUT2D eigenvalue weighted by molar-refractivity contribution is 0.0781. The van der Waals surface area contributed by atoms with Crippen LogP contribution < -0.4 is 4.74 Å². The number of ether oxygens (including phenoxy) is 1. The van der Waals surface area contributed by atoms with E-state index in [1.807, 2.05) is 49.4 Å². The van der Waals surface area contributed by atoms with E-state index in [0.29, 0.717) is 30.3 Å². The monoisotopic (exact) mass is 461 g/mol. The molecule has 3 rings (SSSR count). The molecular weight excluding hydrogens is 442 g/mol. The lowest BCUT2D eigenvalue weighted by atomic mass is 10.1. The molecule has 0 fully saturated rings. The second kappa shape index (κ2) is 9.26. The molecule has 0 atom stereocenters. The number of aromatic nitrogens is 2. The topological polar surface area (TPSA) is 47.4 Å². The van der Waals surface area contributed by atoms with Crippen molar-refractivity contribution in [2.24, 2.45) is 0 Å². The summed E-state index contributed by atoms with van der Waals surface area (Å²) >= 11 is 9.62. The molecule has 0 unspecified atom stereocenters. The molecule has 0 aliphatic rings. The molecular formula is C21H21BrClN3O2. The molecule has 7 heteroatoms. The first-order valence-corrected chi connectivity index (χ1v) is 10.1. The third-order valence-electron chi connectivity index (χ3n) is 4.32. The molecule has 0 N–H and O–H groups in total. The SMILES string of the molecule is CCn1ncc(Cl)c1CN(C)C(=O)c1cccc(COc2ccc(Br)cc2)c1. The number of rotatable bonds is 7. The van der Waals surface area contributed by atoms with E-state index in [1.54, 1.807) is 28.9 Å². The third-order valence-corrected chi connectivity index (χ3v) is 5.17. The van der Waals surface area contributed by atoms with Crippen LogP contribution in [0.4, 0.5) is 0 Å². The van der Waals surface area contributed by atoms with Gasteiger partial charge in [0.25, 0.3) is 5.91 Å². The Balaban J connectivity index is 1.67. The van der Waals surface area contributed by atoms with Gasteiger partial charge < -0.3 is 9.64 Å². The Morgan fingerprint density at radius 2 is 2.00 bits per heavy atom. The van der Waals surface area contributed by atoms with Crippen molar-refractivity contribution in [2.75, 3.05) is 7.05 Å². The van der Waals surface area contributed by atoms with Gasteiger partial charge in [-0.2, -0.15) is 5.10 Å². The molecule has 0 radical (unpaired) electrons. The van der Waals surface area contributed by atoms with Crippen LogP contribution in [-0.2, 0) is 19.7 Å². The Morgan fingerprint density at radius 3 is 2.71 bits per heavy atom. The minimum absolute atomic E-state index is 0.0783. The largest absolute Gasteiger partial charge is 0.489 e. The number of nitrogens with zero attached hydrogens (tertiary/aromatic N) is 3. The van der Waals surface area contributed by atoms with Gasteiger partial charge >= 0.3 is 0 Å². The van der Waals surface area contributed by atoms with Gasteiger partial charge in [0.05, 0.1) is 23.5 Å². The van der Waals surface area contributed by atoms with Gasteiger partial charge in [0.1, 0.15) is 12.4 Å². The van der Waals surface area contributed by atoms with Crippen LogP contribution in [-0.4, -0.2) is 27.6 Å². The second-order valence-corrected chi connectivity index (χ2v) is 7.68. The summed E-state index contributed by atoms with van der Waals surface area (Å²) in [6, 6.07) is 15.1. The van der Waals surface area contributed by atoms with Crippen molar-refractivity contribution in [3.63, 3.8) is 0 Å². The van der Waals surface area contributed by atoms with E-state index in [2.05, 4.69) is 21.0 Å². The summed E-state index contributed by atoms with van der Waals surface area (Å²) in [5, 5.41) is 4.79. The van der Waals surface area contributed by atoms with E-state index in [4.69, 9.17) is 16.3 Å². The van der Waals surface area contributed by atoms with Gasteiger partial charge in [-0.25, -0.2) is 0 Å². The summed E-state index contributed by atoms with van der Waals surface area (Å²) in [6.45, 7) is 3.47. The normalized spacial score (nSPS) is 10.7. The number of benzene rings is 2. The molecule has 5 nitrogen and oxygen atoms in total. The lowest BCUT2D eigenvalue weighted by Gasteiger charge is -2.18. The minimum Gasteiger partial charge on any atom is -0.489 e. The number of amides is 1. The number of hydrogen-bond acceptors (Lipinski definition) is 3. The molecule has 0 saturated carbocycles. The molecule has 0 saturated heterocycles. The van der Waals surface area contributed by atoms with Crippen molar-refractivity contribution in [2.45, 2.75) is 26.6 Å². The first-order chi connectivity index (χ1) is 13.5. The number of carbonyl (C=O) groups is 1. The molecule has 0 spiro atoms. The van der Waals surface area contributed by atoms with Crippen molar-refractivity contribution in [1.29, 1.82) is 0 Å². The molecule has 1 heterocycles. The van der Waals surface area contributed by atoms with Crippen molar-refractivity contribution < 1.29 is 9.53 Å². The molecule has 146 valence electrons. The number of hydrogen-bond donors (Lipinski definition) is 0. The van der Waals surface area contributed by atoms with E-state index < -0.39 is 0 Å². The summed E-state index contributed by atoms with van der Waals surface area (Å²) in [4.78, 5) is 14.5. The van der Waals surface area contributed by atoms with Crippen molar-refractivity contribution in [3.8, 4) is 5.75 Å². The molecule has 2 aromatic carbocycles. The van der Waals surface area contributed by atoms with Crippen molar-refractivity contribution >= 4 is 33.4 Å². The van der Waals surface area contributed by atoms with E-state index in [-0.39, 0.29) is 5.91 Å². The van der Waals surface area contributed by atoms with Crippen LogP contribution in [0.5, 0.6) is 5.75 Å². The van der Waals surface area contributed by atoms with E-state index in [1.165, 1.54) is 0 Å². The zero-order chi connectivity index (χ0) is 20.1. The van der Waals surface area contributed by atoms with Crippen LogP contribution >= 0.6 is 27.5 Å². The van der Waals surface area contributed by atoms with Gasteiger partial charge in [0, 0.05) is 23.6 Å². The fourth-order valence-corrected chi connectivity index (χ4v) is 3.29. The summed E-state index contributed by atoms with van der Waals surface area (Å²) in [5.41, 5.74) is 2.37. The van der Waals surface area contributed by atoms with Crippen molar-refractivity contribution in [3.05, 3.63) is 81.0 Å². The molecule has 3 aromatic rings. The zero-order valence-corrected chi connectivity index (χ0v) is 18.1. The van der Waals surface area contributed by atoms with Crippen LogP contribution in [0, 0.1) is 0 Å². The molecule has 1 amide bonds. The molecule has 0 bridgehead atoms. The minimum atomic E-state index is -0.0783. The quantitative estimate of drug-likeness (QED) is 0.487. The maximum atomic E-state index is 12.9. The van der Waals surface area contributed by atoms with Gasteiger partial charge in [0.15, 0.2) is 0 Å². The summed E-state index contributed by atoms with van der Waals surface area (Å²) in [6.07, 6.45) is 1.61. The van der Waals surface area contributed by atoms with Gasteiger partial charge in [-0.1, -0.05) is 39.7 Å². The van der Waals surface area contributed by atoms with E-state index in [0.717, 1.165) is 21.5 Å². The second-order valence-electron chi connectivity index (χ2n) is 6.36. The summed E-state index contributed by atoms with van der Waals surface area (Å²) in [5.74, 6) is 0.699. The standard InChI is InChI=1S/C21H21BrClN3O2/c1-3-26-20(19(23)12-24-26)13-25(2)21(27)16-6-4-5-15(11-16)14-28-18-9-7-17(22)8-10-18/h4-12H,3,13-14H2,1-2H3. The lowest BCUT2D eigenvalue weighted by Crippen LogP contribution is -2.27. The highest BCUT2D eigenvalue weighted by atomic mass is 79.9. The highest BCUT2D eigenvalue weighted by molar-refractivity contribution is 9.10. The smallest absolute Gasteiger partial charge is 0.253 e. The number of aryl methyl sites for hydroxylation is 1. The maximum Gasteiger partial charge on any atom is 0.253 e. The van der Waals surface area contributed by atoms with Gasteiger partial charge in [-0.15, -0.1) is 0 Å². The van der Waals surface area contributed by atoms with Gasteiger partial charge in [0.2, 0.25) is 0 Å². The number of halogens is 2. The van der Waals surface area contributed by atoms with Crippen LogP contribution in [0.3, 0.4) is 0 Å². The fourth-order valence-electron chi connectivity index (χ4n) is 2.83. The van der Waals surface area contributed by atoms with Crippen LogP contribution in [0.25, 0.3) is 0 Å². The third kappa shape index (κ3) is 4.94. The summed E-state index contributed by atoms with van der Waals surface area (Å²) < 4.78 is 8.60. The van der Waals surface area contributed by atoms with Gasteiger partial charge in [-0.3, -0.25) is 9.48 Å². The van der Waals surface area contributed by atoms with E-state index >= 15 is 0 Å². The molecule has 0 aliphatic heterocycles.